The van der Waals surface area contributed by atoms with Gasteiger partial charge in [-0.1, -0.05) is 94.8 Å². The highest BCUT2D eigenvalue weighted by atomic mass is 79.9. The Bertz CT molecular complexity index is 2310. The number of Topliss-reactive ketones (excluding diaryl/α,β-unsaturated/α-hetero) is 2. The predicted molar refractivity (Wildman–Crippen MR) is 192 cm³/mol. The summed E-state index contributed by atoms with van der Waals surface area (Å²) in [5.41, 5.74) is 2.95. The van der Waals surface area contributed by atoms with Crippen molar-refractivity contribution in [2.45, 2.75) is 42.7 Å². The number of carbonyl (C=O) groups is 2. The fraction of sp³-hybridized carbons (Fsp3) is 0.135. The Morgan fingerprint density at radius 1 is 0.627 bits per heavy atom. The molecule has 4 N–H and O–H groups in total. The average molecular weight is 802 g/mol. The molecular weight excluding hydrogens is 769 g/mol. The Balaban J connectivity index is 0.000000244. The zero-order valence-corrected chi connectivity index (χ0v) is 30.5. The lowest BCUT2D eigenvalue weighted by Gasteiger charge is -2.13. The number of primary sulfonamides is 2. The van der Waals surface area contributed by atoms with E-state index in [1.165, 1.54) is 60.7 Å². The van der Waals surface area contributed by atoms with Crippen LogP contribution < -0.4 is 10.3 Å². The number of alkyl halides is 3. The maximum Gasteiger partial charge on any atom is 0.417 e. The van der Waals surface area contributed by atoms with E-state index in [2.05, 4.69) is 15.9 Å². The van der Waals surface area contributed by atoms with E-state index in [4.69, 9.17) is 10.3 Å². The molecule has 0 spiro atoms. The maximum atomic E-state index is 13.2. The molecule has 5 aromatic carbocycles. The molecule has 0 unspecified atom stereocenters. The van der Waals surface area contributed by atoms with E-state index < -0.39 is 31.8 Å². The Hall–Kier alpha value is -4.47. The Morgan fingerprint density at radius 2 is 1.04 bits per heavy atom. The standard InChI is InChI=1S/C22H18F3NO3S.C15H14BrNO3S/c1-14-12-15(6-11-21(14)30(26,28)29)13-20(27)17-9-7-16(8-10-17)18-4-2-3-5-19(18)22(23,24)25;1-10-8-11(2-7-15(10)21(17,19)20)9-14(18)12-3-5-13(16)6-4-12/h2-12H,13H2,1H3,(H2,26,28,29);2-8H,9H2,1H3,(H2,17,19,20). The van der Waals surface area contributed by atoms with Gasteiger partial charge in [0.25, 0.3) is 0 Å². The third kappa shape index (κ3) is 10.5. The molecule has 0 heterocycles. The highest BCUT2D eigenvalue weighted by molar-refractivity contribution is 9.10. The van der Waals surface area contributed by atoms with Crippen LogP contribution in [-0.4, -0.2) is 28.4 Å². The molecule has 8 nitrogen and oxygen atoms in total. The predicted octanol–water partition coefficient (Wildman–Crippen LogP) is 7.58. The third-order valence-electron chi connectivity index (χ3n) is 7.74. The van der Waals surface area contributed by atoms with Crippen molar-refractivity contribution in [1.29, 1.82) is 0 Å². The van der Waals surface area contributed by atoms with Crippen molar-refractivity contribution in [3.8, 4) is 11.1 Å². The van der Waals surface area contributed by atoms with Crippen LogP contribution in [0, 0.1) is 13.8 Å². The van der Waals surface area contributed by atoms with Crippen LogP contribution in [0.1, 0.15) is 48.5 Å². The summed E-state index contributed by atoms with van der Waals surface area (Å²) in [5.74, 6) is -0.265. The molecule has 51 heavy (non-hydrogen) atoms. The molecule has 0 aliphatic heterocycles. The van der Waals surface area contributed by atoms with Crippen molar-refractivity contribution in [1.82, 2.24) is 0 Å². The smallest absolute Gasteiger partial charge is 0.294 e. The van der Waals surface area contributed by atoms with E-state index in [1.54, 1.807) is 44.2 Å². The van der Waals surface area contributed by atoms with Gasteiger partial charge >= 0.3 is 6.18 Å². The lowest BCUT2D eigenvalue weighted by Crippen LogP contribution is -2.14. The van der Waals surface area contributed by atoms with Crippen molar-refractivity contribution in [2.24, 2.45) is 10.3 Å². The second kappa shape index (κ2) is 15.8. The van der Waals surface area contributed by atoms with E-state index in [1.807, 2.05) is 12.1 Å². The molecular formula is C37H32BrF3N2O6S2. The van der Waals surface area contributed by atoms with E-state index in [0.717, 1.165) is 16.1 Å². The fourth-order valence-corrected chi connectivity index (χ4v) is 7.10. The first-order chi connectivity index (χ1) is 23.7. The normalized spacial score (nSPS) is 11.8. The number of rotatable bonds is 9. The van der Waals surface area contributed by atoms with Crippen LogP contribution in [0.5, 0.6) is 0 Å². The van der Waals surface area contributed by atoms with Crippen LogP contribution in [-0.2, 0) is 39.1 Å². The minimum atomic E-state index is -4.48. The molecule has 14 heteroatoms. The molecule has 0 amide bonds. The number of hydrogen-bond donors (Lipinski definition) is 2. The van der Waals surface area contributed by atoms with Crippen LogP contribution in [0.4, 0.5) is 13.2 Å². The molecule has 0 atom stereocenters. The van der Waals surface area contributed by atoms with Gasteiger partial charge in [0, 0.05) is 28.4 Å². The summed E-state index contributed by atoms with van der Waals surface area (Å²) in [6.45, 7) is 3.24. The molecule has 0 bridgehead atoms. The van der Waals surface area contributed by atoms with Gasteiger partial charge in [-0.3, -0.25) is 9.59 Å². The van der Waals surface area contributed by atoms with Crippen molar-refractivity contribution >= 4 is 47.5 Å². The number of ketones is 2. The molecule has 0 aromatic heterocycles. The van der Waals surface area contributed by atoms with Crippen LogP contribution >= 0.6 is 15.9 Å². The summed E-state index contributed by atoms with van der Waals surface area (Å²) in [7, 11) is -7.57. The minimum Gasteiger partial charge on any atom is -0.294 e. The van der Waals surface area contributed by atoms with E-state index in [-0.39, 0.29) is 39.8 Å². The number of aryl methyl sites for hydroxylation is 2. The quantitative estimate of drug-likeness (QED) is 0.147. The number of halogens is 4. The van der Waals surface area contributed by atoms with Crippen molar-refractivity contribution in [3.63, 3.8) is 0 Å². The molecule has 266 valence electrons. The van der Waals surface area contributed by atoms with E-state index in [9.17, 15) is 39.6 Å². The number of nitrogens with two attached hydrogens (primary N) is 2. The summed E-state index contributed by atoms with van der Waals surface area (Å²) in [6.07, 6.45) is -4.25. The monoisotopic (exact) mass is 800 g/mol. The first-order valence-electron chi connectivity index (χ1n) is 15.1. The lowest BCUT2D eigenvalue weighted by atomic mass is 9.96. The topological polar surface area (TPSA) is 154 Å². The van der Waals surface area contributed by atoms with Gasteiger partial charge in [0.05, 0.1) is 15.4 Å². The third-order valence-corrected chi connectivity index (χ3v) is 10.4. The number of carbonyl (C=O) groups excluding carboxylic acids is 2. The zero-order chi connectivity index (χ0) is 37.7. The minimum absolute atomic E-state index is 0.00798. The molecule has 5 aromatic rings. The lowest BCUT2D eigenvalue weighted by molar-refractivity contribution is -0.137. The second-order valence-electron chi connectivity index (χ2n) is 11.6. The molecule has 0 radical (unpaired) electrons. The molecule has 0 saturated carbocycles. The Kier molecular flexibility index (Phi) is 12.2. The van der Waals surface area contributed by atoms with Gasteiger partial charge in [0.15, 0.2) is 11.6 Å². The van der Waals surface area contributed by atoms with E-state index >= 15 is 0 Å². The van der Waals surface area contributed by atoms with Gasteiger partial charge in [-0.2, -0.15) is 13.2 Å². The highest BCUT2D eigenvalue weighted by Crippen LogP contribution is 2.37. The van der Waals surface area contributed by atoms with Gasteiger partial charge < -0.3 is 0 Å². The largest absolute Gasteiger partial charge is 0.417 e. The van der Waals surface area contributed by atoms with Gasteiger partial charge in [-0.15, -0.1) is 0 Å². The summed E-state index contributed by atoms with van der Waals surface area (Å²) < 4.78 is 86.2. The average Bonchev–Trinajstić information content (AvgIpc) is 3.04. The van der Waals surface area contributed by atoms with Gasteiger partial charge in [0.1, 0.15) is 0 Å². The molecule has 5 rings (SSSR count). The van der Waals surface area contributed by atoms with Crippen LogP contribution in [0.3, 0.4) is 0 Å². The second-order valence-corrected chi connectivity index (χ2v) is 15.6. The maximum absolute atomic E-state index is 13.2. The fourth-order valence-electron chi connectivity index (χ4n) is 5.31. The summed E-state index contributed by atoms with van der Waals surface area (Å²) in [4.78, 5) is 24.8. The van der Waals surface area contributed by atoms with E-state index in [0.29, 0.717) is 33.4 Å². The van der Waals surface area contributed by atoms with Crippen molar-refractivity contribution in [2.75, 3.05) is 0 Å². The summed E-state index contributed by atoms with van der Waals surface area (Å²) >= 11 is 3.32. The first-order valence-corrected chi connectivity index (χ1v) is 19.0. The summed E-state index contributed by atoms with van der Waals surface area (Å²) in [6, 6.07) is 27.5. The van der Waals surface area contributed by atoms with Crippen LogP contribution in [0.15, 0.2) is 123 Å². The first kappa shape index (κ1) is 39.3. The Labute approximate surface area is 302 Å². The van der Waals surface area contributed by atoms with Gasteiger partial charge in [-0.05, 0) is 77.6 Å². The molecule has 0 saturated heterocycles. The molecule has 0 aliphatic rings. The van der Waals surface area contributed by atoms with Crippen molar-refractivity contribution < 1.29 is 39.6 Å². The zero-order valence-electron chi connectivity index (χ0n) is 27.2. The summed E-state index contributed by atoms with van der Waals surface area (Å²) in [5, 5.41) is 10.2. The number of benzene rings is 5. The van der Waals surface area contributed by atoms with Crippen molar-refractivity contribution in [3.05, 3.63) is 153 Å². The van der Waals surface area contributed by atoms with Gasteiger partial charge in [0.2, 0.25) is 20.0 Å². The Morgan fingerprint density at radius 3 is 1.43 bits per heavy atom. The number of sulfonamides is 2. The molecule has 0 fully saturated rings. The SMILES string of the molecule is Cc1cc(CC(=O)c2ccc(-c3ccccc3C(F)(F)F)cc2)ccc1S(N)(=O)=O.Cc1cc(CC(=O)c2ccc(Br)cc2)ccc1S(N)(=O)=O. The van der Waals surface area contributed by atoms with Crippen LogP contribution in [0.2, 0.25) is 0 Å². The van der Waals surface area contributed by atoms with Gasteiger partial charge in [-0.25, -0.2) is 27.1 Å². The number of hydrogen-bond acceptors (Lipinski definition) is 6. The molecule has 0 aliphatic carbocycles. The van der Waals surface area contributed by atoms with Crippen LogP contribution in [0.25, 0.3) is 11.1 Å². The highest BCUT2D eigenvalue weighted by Gasteiger charge is 2.33.